The number of pyridine rings is 2. The lowest BCUT2D eigenvalue weighted by Crippen LogP contribution is -2.20. The molecule has 0 aliphatic carbocycles. The maximum Gasteiger partial charge on any atom is 0.274 e. The summed E-state index contributed by atoms with van der Waals surface area (Å²) in [5, 5.41) is 14.0. The molecule has 0 atom stereocenters. The number of aliphatic hydroxyl groups excluding tert-OH is 1. The summed E-state index contributed by atoms with van der Waals surface area (Å²) in [6.45, 7) is 2.75. The van der Waals surface area contributed by atoms with Crippen LogP contribution >= 0.6 is 0 Å². The van der Waals surface area contributed by atoms with Crippen molar-refractivity contribution in [2.24, 2.45) is 7.05 Å². The van der Waals surface area contributed by atoms with E-state index in [9.17, 15) is 14.7 Å². The minimum atomic E-state index is -0.205. The number of anilines is 3. The number of methoxy groups -OCH3 is 1. The summed E-state index contributed by atoms with van der Waals surface area (Å²) in [5.41, 5.74) is 5.26. The largest absolute Gasteiger partial charge is 0.487 e. The molecule has 0 saturated heterocycles. The van der Waals surface area contributed by atoms with Gasteiger partial charge in [0.25, 0.3) is 11.1 Å². The Morgan fingerprint density at radius 3 is 2.43 bits per heavy atom. The highest BCUT2D eigenvalue weighted by molar-refractivity contribution is 5.85. The summed E-state index contributed by atoms with van der Waals surface area (Å²) in [7, 11) is 7.26. The molecule has 0 radical (unpaired) electrons. The van der Waals surface area contributed by atoms with Crippen molar-refractivity contribution in [3.63, 3.8) is 0 Å². The third-order valence-electron chi connectivity index (χ3n) is 7.78. The number of ether oxygens (including phenoxy) is 3. The summed E-state index contributed by atoms with van der Waals surface area (Å²) in [5.74, 6) is 0.937. The van der Waals surface area contributed by atoms with Gasteiger partial charge in [-0.05, 0) is 71.5 Å². The van der Waals surface area contributed by atoms with Gasteiger partial charge in [-0.2, -0.15) is 0 Å². The molecule has 0 bridgehead atoms. The molecule has 0 saturated carbocycles. The van der Waals surface area contributed by atoms with Crippen molar-refractivity contribution in [3.05, 3.63) is 105 Å². The van der Waals surface area contributed by atoms with Gasteiger partial charge < -0.3 is 34.1 Å². The Bertz CT molecular complexity index is 1960. The zero-order chi connectivity index (χ0) is 32.8. The maximum atomic E-state index is 13.7. The van der Waals surface area contributed by atoms with Crippen LogP contribution in [0, 0.1) is 0 Å². The normalized spacial score (nSPS) is 11.1. The molecule has 0 aliphatic heterocycles. The third-order valence-corrected chi connectivity index (χ3v) is 7.78. The van der Waals surface area contributed by atoms with E-state index in [4.69, 9.17) is 14.2 Å². The van der Waals surface area contributed by atoms with Gasteiger partial charge in [-0.25, -0.2) is 0 Å². The molecule has 0 fully saturated rings. The van der Waals surface area contributed by atoms with Gasteiger partial charge in [0.15, 0.2) is 11.5 Å². The van der Waals surface area contributed by atoms with E-state index in [0.29, 0.717) is 47.9 Å². The van der Waals surface area contributed by atoms with Crippen LogP contribution in [-0.4, -0.2) is 61.9 Å². The first kappa shape index (κ1) is 32.3. The molecular weight excluding hydrogens is 584 g/mol. The fraction of sp³-hybridized carbons (Fsp3) is 0.278. The minimum Gasteiger partial charge on any atom is -0.487 e. The summed E-state index contributed by atoms with van der Waals surface area (Å²) >= 11 is 0. The van der Waals surface area contributed by atoms with Gasteiger partial charge >= 0.3 is 0 Å². The predicted molar refractivity (Wildman–Crippen MR) is 184 cm³/mol. The molecule has 46 heavy (non-hydrogen) atoms. The van der Waals surface area contributed by atoms with Crippen LogP contribution in [0.25, 0.3) is 27.6 Å². The van der Waals surface area contributed by atoms with Crippen molar-refractivity contribution in [3.8, 4) is 28.3 Å². The highest BCUT2D eigenvalue weighted by Crippen LogP contribution is 2.33. The van der Waals surface area contributed by atoms with Gasteiger partial charge in [0.2, 0.25) is 0 Å². The summed E-state index contributed by atoms with van der Waals surface area (Å²) in [6.07, 6.45) is 4.30. The van der Waals surface area contributed by atoms with Crippen molar-refractivity contribution >= 4 is 27.8 Å². The Kier molecular flexibility index (Phi) is 10.1. The Labute approximate surface area is 268 Å². The molecule has 0 spiro atoms. The van der Waals surface area contributed by atoms with Gasteiger partial charge in [-0.15, -0.1) is 0 Å². The van der Waals surface area contributed by atoms with Crippen molar-refractivity contribution < 1.29 is 19.3 Å². The van der Waals surface area contributed by atoms with E-state index in [1.54, 1.807) is 41.5 Å². The average molecular weight is 625 g/mol. The quantitative estimate of drug-likeness (QED) is 0.174. The monoisotopic (exact) mass is 624 g/mol. The average Bonchev–Trinajstić information content (AvgIpc) is 3.06. The van der Waals surface area contributed by atoms with Crippen molar-refractivity contribution in [2.45, 2.75) is 13.3 Å². The molecule has 2 N–H and O–H groups in total. The third kappa shape index (κ3) is 6.78. The lowest BCUT2D eigenvalue weighted by Gasteiger charge is -2.18. The number of nitrogens with zero attached hydrogens (tertiary/aromatic N) is 3. The highest BCUT2D eigenvalue weighted by atomic mass is 16.5. The zero-order valence-electron chi connectivity index (χ0n) is 26.9. The number of benzene rings is 3. The summed E-state index contributed by atoms with van der Waals surface area (Å²) < 4.78 is 19.8. The predicted octanol–water partition coefficient (Wildman–Crippen LogP) is 5.12. The van der Waals surface area contributed by atoms with Crippen LogP contribution in [0.15, 0.2) is 88.7 Å². The van der Waals surface area contributed by atoms with Gasteiger partial charge in [-0.3, -0.25) is 14.2 Å². The molecule has 10 nitrogen and oxygen atoms in total. The topological polar surface area (TPSA) is 107 Å². The van der Waals surface area contributed by atoms with Crippen LogP contribution in [0.2, 0.25) is 0 Å². The summed E-state index contributed by atoms with van der Waals surface area (Å²) in [6, 6.07) is 20.8. The molecule has 0 aliphatic rings. The molecule has 2 heterocycles. The van der Waals surface area contributed by atoms with Crippen LogP contribution in [0.3, 0.4) is 0 Å². The van der Waals surface area contributed by atoms with Crippen molar-refractivity contribution in [1.82, 2.24) is 9.13 Å². The number of hydrogen-bond acceptors (Lipinski definition) is 8. The van der Waals surface area contributed by atoms with E-state index >= 15 is 0 Å². The van der Waals surface area contributed by atoms with Gasteiger partial charge in [0.05, 0.1) is 18.9 Å². The van der Waals surface area contributed by atoms with E-state index < -0.39 is 0 Å². The lowest BCUT2D eigenvalue weighted by atomic mass is 9.96. The fourth-order valence-electron chi connectivity index (χ4n) is 5.46. The molecular formula is C36H40N4O6. The first-order chi connectivity index (χ1) is 22.2. The first-order valence-electron chi connectivity index (χ1n) is 15.2. The zero-order valence-corrected chi connectivity index (χ0v) is 26.9. The van der Waals surface area contributed by atoms with Crippen LogP contribution < -0.4 is 30.8 Å². The second-order valence-electron chi connectivity index (χ2n) is 11.1. The number of aromatic nitrogens is 2. The van der Waals surface area contributed by atoms with E-state index in [0.717, 1.165) is 33.5 Å². The molecule has 3 aromatic carbocycles. The van der Waals surface area contributed by atoms with Gasteiger partial charge in [0, 0.05) is 69.0 Å². The highest BCUT2D eigenvalue weighted by Gasteiger charge is 2.16. The Morgan fingerprint density at radius 2 is 1.70 bits per heavy atom. The Hall–Kier alpha value is -5.06. The minimum absolute atomic E-state index is 0.0904. The van der Waals surface area contributed by atoms with Crippen molar-refractivity contribution in [1.29, 1.82) is 0 Å². The summed E-state index contributed by atoms with van der Waals surface area (Å²) in [4.78, 5) is 29.0. The van der Waals surface area contributed by atoms with E-state index in [1.165, 1.54) is 0 Å². The van der Waals surface area contributed by atoms with Crippen LogP contribution in [-0.2, 0) is 18.2 Å². The molecule has 5 rings (SSSR count). The number of nitrogens with one attached hydrogen (secondary N) is 1. The first-order valence-corrected chi connectivity index (χ1v) is 15.2. The van der Waals surface area contributed by atoms with Crippen molar-refractivity contribution in [2.75, 3.05) is 57.8 Å². The van der Waals surface area contributed by atoms with E-state index in [-0.39, 0.29) is 24.3 Å². The van der Waals surface area contributed by atoms with Crippen LogP contribution in [0.1, 0.15) is 12.5 Å². The lowest BCUT2D eigenvalue weighted by molar-refractivity contribution is 0.141. The van der Waals surface area contributed by atoms with Gasteiger partial charge in [0.1, 0.15) is 18.9 Å². The van der Waals surface area contributed by atoms with E-state index in [2.05, 4.69) is 12.2 Å². The molecule has 5 aromatic rings. The Balaban J connectivity index is 1.54. The number of rotatable bonds is 13. The van der Waals surface area contributed by atoms with Gasteiger partial charge in [-0.1, -0.05) is 19.1 Å². The fourth-order valence-corrected chi connectivity index (χ4v) is 5.46. The molecule has 240 valence electrons. The smallest absolute Gasteiger partial charge is 0.274 e. The standard InChI is InChI=1S/C36H40N4O6/c1-6-28-29(8-7-9-32(28)40-15-14-24-20-27(38(2)3)11-12-30(24)35(40)42)25-21-31(36(43)39(4)23-25)37-26-10-13-33(45-17-16-41)34(22-26)46-19-18-44-5/h7-15,20-23,37,41H,6,16-19H2,1-5H3. The van der Waals surface area contributed by atoms with Crippen LogP contribution in [0.5, 0.6) is 11.5 Å². The molecule has 2 aromatic heterocycles. The number of aliphatic hydroxyl groups is 1. The number of fused-ring (bicyclic) bond motifs is 1. The number of hydrogen-bond donors (Lipinski definition) is 2. The SMILES string of the molecule is CCc1c(-c2cc(Nc3ccc(OCCO)c(OCCOC)c3)c(=O)n(C)c2)cccc1-n1ccc2cc(N(C)C)ccc2c1=O. The second-order valence-corrected chi connectivity index (χ2v) is 11.1. The second kappa shape index (κ2) is 14.4. The Morgan fingerprint density at radius 1 is 0.891 bits per heavy atom. The molecule has 0 amide bonds. The molecule has 10 heteroatoms. The van der Waals surface area contributed by atoms with Crippen LogP contribution in [0.4, 0.5) is 17.1 Å². The molecule has 0 unspecified atom stereocenters. The maximum absolute atomic E-state index is 13.7. The van der Waals surface area contributed by atoms with E-state index in [1.807, 2.05) is 79.9 Å². The number of aryl methyl sites for hydroxylation is 1.